The first-order valence-corrected chi connectivity index (χ1v) is 5.26. The molecule has 0 aliphatic heterocycles. The summed E-state index contributed by atoms with van der Waals surface area (Å²) in [6.45, 7) is 1.36. The predicted molar refractivity (Wildman–Crippen MR) is 45.4 cm³/mol. The molecular weight excluding hydrogens is 221 g/mol. The normalized spacial score (nSPS) is 16.3. The fourth-order valence-corrected chi connectivity index (χ4v) is 1.92. The number of rotatable bonds is 5. The molecule has 0 bridgehead atoms. The van der Waals surface area contributed by atoms with Gasteiger partial charge in [-0.15, -0.1) is 0 Å². The molecule has 2 unspecified atom stereocenters. The number of aliphatic carboxylic acids is 1. The molecule has 14 heavy (non-hydrogen) atoms. The summed E-state index contributed by atoms with van der Waals surface area (Å²) in [7, 11) is -1.73. The van der Waals surface area contributed by atoms with Gasteiger partial charge in [-0.1, -0.05) is 6.92 Å². The maximum atomic E-state index is 11.7. The third-order valence-corrected chi connectivity index (χ3v) is 3.17. The standard InChI is InChI=1S/C7H11F3O3S/c1-5(4-6(11)12)14(13)3-2-7(8,9)10/h5H,2-4H2,1H3,(H,11,12). The first-order chi connectivity index (χ1) is 6.22. The average molecular weight is 232 g/mol. The molecule has 7 heteroatoms. The number of carboxylic acids is 1. The number of carbonyl (C=O) groups is 1. The fraction of sp³-hybridized carbons (Fsp3) is 0.857. The van der Waals surface area contributed by atoms with Crippen LogP contribution in [0.5, 0.6) is 0 Å². The van der Waals surface area contributed by atoms with Gasteiger partial charge in [0.25, 0.3) is 0 Å². The number of halogens is 3. The minimum atomic E-state index is -4.33. The summed E-state index contributed by atoms with van der Waals surface area (Å²) < 4.78 is 46.1. The van der Waals surface area contributed by atoms with Crippen molar-refractivity contribution in [3.8, 4) is 0 Å². The maximum absolute atomic E-state index is 11.7. The molecule has 2 atom stereocenters. The lowest BCUT2D eigenvalue weighted by Crippen LogP contribution is -2.21. The Morgan fingerprint density at radius 1 is 1.50 bits per heavy atom. The Bertz CT molecular complexity index is 227. The van der Waals surface area contributed by atoms with E-state index in [2.05, 4.69) is 0 Å². The summed E-state index contributed by atoms with van der Waals surface area (Å²) in [5.74, 6) is -1.68. The van der Waals surface area contributed by atoms with Gasteiger partial charge < -0.3 is 5.11 Å². The molecule has 0 amide bonds. The number of hydrogen-bond donors (Lipinski definition) is 1. The number of carboxylic acid groups (broad SMARTS) is 1. The molecule has 0 saturated heterocycles. The van der Waals surface area contributed by atoms with E-state index in [-0.39, 0.29) is 6.42 Å². The Balaban J connectivity index is 3.91. The Hall–Kier alpha value is -0.590. The summed E-state index contributed by atoms with van der Waals surface area (Å²) in [6.07, 6.45) is -5.84. The zero-order valence-corrected chi connectivity index (χ0v) is 8.32. The Morgan fingerprint density at radius 3 is 2.36 bits per heavy atom. The van der Waals surface area contributed by atoms with Gasteiger partial charge in [0.2, 0.25) is 0 Å². The van der Waals surface area contributed by atoms with E-state index in [9.17, 15) is 22.2 Å². The van der Waals surface area contributed by atoms with Crippen LogP contribution < -0.4 is 0 Å². The molecule has 0 spiro atoms. The van der Waals surface area contributed by atoms with E-state index in [1.807, 2.05) is 0 Å². The van der Waals surface area contributed by atoms with E-state index in [1.165, 1.54) is 6.92 Å². The fourth-order valence-electron chi connectivity index (χ4n) is 0.756. The molecule has 0 heterocycles. The smallest absolute Gasteiger partial charge is 0.390 e. The lowest BCUT2D eigenvalue weighted by molar-refractivity contribution is -0.136. The average Bonchev–Trinajstić information content (AvgIpc) is 1.97. The Kier molecular flexibility index (Phi) is 5.11. The highest BCUT2D eigenvalue weighted by Gasteiger charge is 2.28. The molecule has 0 aliphatic carbocycles. The van der Waals surface area contributed by atoms with Crippen LogP contribution in [0.25, 0.3) is 0 Å². The van der Waals surface area contributed by atoms with Gasteiger partial charge in [-0.05, 0) is 0 Å². The van der Waals surface area contributed by atoms with Crippen LogP contribution in [0.2, 0.25) is 0 Å². The van der Waals surface area contributed by atoms with Gasteiger partial charge in [0.15, 0.2) is 0 Å². The predicted octanol–water partition coefficient (Wildman–Crippen LogP) is 1.55. The molecule has 0 aromatic carbocycles. The molecule has 0 radical (unpaired) electrons. The van der Waals surface area contributed by atoms with E-state index >= 15 is 0 Å². The van der Waals surface area contributed by atoms with Crippen molar-refractivity contribution >= 4 is 16.8 Å². The van der Waals surface area contributed by atoms with Gasteiger partial charge in [0.05, 0.1) is 12.8 Å². The van der Waals surface area contributed by atoms with Crippen LogP contribution in [0.4, 0.5) is 13.2 Å². The van der Waals surface area contributed by atoms with Crippen LogP contribution in [-0.2, 0) is 15.6 Å². The van der Waals surface area contributed by atoms with Crippen molar-refractivity contribution < 1.29 is 27.3 Å². The number of hydrogen-bond acceptors (Lipinski definition) is 2. The van der Waals surface area contributed by atoms with Gasteiger partial charge in [0, 0.05) is 21.8 Å². The maximum Gasteiger partial charge on any atom is 0.390 e. The summed E-state index contributed by atoms with van der Waals surface area (Å²) in [5.41, 5.74) is 0. The largest absolute Gasteiger partial charge is 0.481 e. The van der Waals surface area contributed by atoms with Gasteiger partial charge >= 0.3 is 12.1 Å². The lowest BCUT2D eigenvalue weighted by atomic mass is 10.3. The highest BCUT2D eigenvalue weighted by Crippen LogP contribution is 2.20. The van der Waals surface area contributed by atoms with E-state index in [0.29, 0.717) is 0 Å². The Labute approximate surface area is 81.8 Å². The van der Waals surface area contributed by atoms with Crippen molar-refractivity contribution in [2.75, 3.05) is 5.75 Å². The third kappa shape index (κ3) is 6.88. The zero-order valence-electron chi connectivity index (χ0n) is 7.50. The van der Waals surface area contributed by atoms with Gasteiger partial charge in [0.1, 0.15) is 0 Å². The topological polar surface area (TPSA) is 54.4 Å². The second-order valence-electron chi connectivity index (χ2n) is 2.86. The molecule has 0 fully saturated rings. The first kappa shape index (κ1) is 13.4. The van der Waals surface area contributed by atoms with Crippen molar-refractivity contribution in [2.45, 2.75) is 31.2 Å². The van der Waals surface area contributed by atoms with Crippen LogP contribution >= 0.6 is 0 Å². The third-order valence-electron chi connectivity index (χ3n) is 1.50. The van der Waals surface area contributed by atoms with Crippen molar-refractivity contribution in [3.05, 3.63) is 0 Å². The molecule has 0 aliphatic rings. The summed E-state index contributed by atoms with van der Waals surface area (Å²) >= 11 is 0. The van der Waals surface area contributed by atoms with Gasteiger partial charge in [-0.2, -0.15) is 13.2 Å². The van der Waals surface area contributed by atoms with Crippen LogP contribution in [0.1, 0.15) is 19.8 Å². The van der Waals surface area contributed by atoms with E-state index in [0.717, 1.165) is 0 Å². The van der Waals surface area contributed by atoms with Crippen LogP contribution in [0, 0.1) is 0 Å². The second kappa shape index (κ2) is 5.33. The summed E-state index contributed by atoms with van der Waals surface area (Å²) in [4.78, 5) is 10.2. The molecule has 0 saturated carbocycles. The van der Waals surface area contributed by atoms with Gasteiger partial charge in [-0.25, -0.2) is 0 Å². The van der Waals surface area contributed by atoms with Gasteiger partial charge in [-0.3, -0.25) is 9.00 Å². The molecule has 0 rings (SSSR count). The summed E-state index contributed by atoms with van der Waals surface area (Å²) in [5, 5.41) is 7.56. The second-order valence-corrected chi connectivity index (χ2v) is 4.83. The lowest BCUT2D eigenvalue weighted by Gasteiger charge is -2.10. The monoisotopic (exact) mass is 232 g/mol. The van der Waals surface area contributed by atoms with E-state index < -0.39 is 40.4 Å². The highest BCUT2D eigenvalue weighted by molar-refractivity contribution is 7.85. The van der Waals surface area contributed by atoms with Crippen LogP contribution in [-0.4, -0.2) is 32.5 Å². The van der Waals surface area contributed by atoms with Crippen LogP contribution in [0.15, 0.2) is 0 Å². The number of alkyl halides is 3. The van der Waals surface area contributed by atoms with E-state index in [4.69, 9.17) is 5.11 Å². The van der Waals surface area contributed by atoms with E-state index in [1.54, 1.807) is 0 Å². The van der Waals surface area contributed by atoms with Crippen molar-refractivity contribution in [1.82, 2.24) is 0 Å². The molecule has 3 nitrogen and oxygen atoms in total. The van der Waals surface area contributed by atoms with Crippen molar-refractivity contribution in [1.29, 1.82) is 0 Å². The molecule has 1 N–H and O–H groups in total. The minimum absolute atomic E-state index is 0.371. The zero-order chi connectivity index (χ0) is 11.4. The molecule has 84 valence electrons. The Morgan fingerprint density at radius 2 is 2.00 bits per heavy atom. The SMILES string of the molecule is CC(CC(=O)O)S(=O)CCC(F)(F)F. The van der Waals surface area contributed by atoms with Crippen molar-refractivity contribution in [3.63, 3.8) is 0 Å². The molecular formula is C7H11F3O3S. The minimum Gasteiger partial charge on any atom is -0.481 e. The van der Waals surface area contributed by atoms with Crippen LogP contribution in [0.3, 0.4) is 0 Å². The molecule has 0 aromatic rings. The quantitative estimate of drug-likeness (QED) is 0.782. The summed E-state index contributed by atoms with van der Waals surface area (Å²) in [6, 6.07) is 0. The highest BCUT2D eigenvalue weighted by atomic mass is 32.2. The first-order valence-electron chi connectivity index (χ1n) is 3.88. The van der Waals surface area contributed by atoms with Crippen molar-refractivity contribution in [2.24, 2.45) is 0 Å². The molecule has 0 aromatic heterocycles.